The average Bonchev–Trinajstić information content (AvgIpc) is 2.48. The number of rotatable bonds is 3. The highest BCUT2D eigenvalue weighted by atomic mass is 16.3. The van der Waals surface area contributed by atoms with Gasteiger partial charge >= 0.3 is 0 Å². The van der Waals surface area contributed by atoms with E-state index in [0.717, 1.165) is 56.1 Å². The number of likely N-dealkylation sites (tertiary alicyclic amines) is 1. The lowest BCUT2D eigenvalue weighted by Crippen LogP contribution is -2.50. The zero-order chi connectivity index (χ0) is 15.5. The third-order valence-electron chi connectivity index (χ3n) is 5.01. The largest absolute Gasteiger partial charge is 0.391 e. The molecule has 5 heteroatoms. The molecule has 1 aromatic rings. The van der Waals surface area contributed by atoms with Crippen LogP contribution in [-0.2, 0) is 0 Å². The SMILES string of the molecule is Cc1cc(C)nc(NC2CCN(C3CCCCC3O)CC2)n1. The van der Waals surface area contributed by atoms with E-state index in [1.165, 1.54) is 12.8 Å². The zero-order valence-electron chi connectivity index (χ0n) is 13.8. The first-order valence-corrected chi connectivity index (χ1v) is 8.63. The number of nitrogens with one attached hydrogen (secondary N) is 1. The summed E-state index contributed by atoms with van der Waals surface area (Å²) in [6, 6.07) is 2.82. The van der Waals surface area contributed by atoms with Gasteiger partial charge < -0.3 is 10.4 Å². The maximum Gasteiger partial charge on any atom is 0.223 e. The van der Waals surface area contributed by atoms with E-state index in [1.807, 2.05) is 19.9 Å². The average molecular weight is 304 g/mol. The number of aryl methyl sites for hydroxylation is 2. The fraction of sp³-hybridized carbons (Fsp3) is 0.765. The van der Waals surface area contributed by atoms with Crippen molar-refractivity contribution in [2.45, 2.75) is 70.6 Å². The molecule has 1 saturated carbocycles. The fourth-order valence-electron chi connectivity index (χ4n) is 3.87. The molecule has 0 radical (unpaired) electrons. The number of aliphatic hydroxyl groups excluding tert-OH is 1. The minimum Gasteiger partial charge on any atom is -0.391 e. The molecule has 2 aliphatic rings. The second kappa shape index (κ2) is 6.92. The molecular weight excluding hydrogens is 276 g/mol. The second-order valence-electron chi connectivity index (χ2n) is 6.85. The first-order valence-electron chi connectivity index (χ1n) is 8.63. The second-order valence-corrected chi connectivity index (χ2v) is 6.85. The van der Waals surface area contributed by atoms with Crippen molar-refractivity contribution in [1.82, 2.24) is 14.9 Å². The van der Waals surface area contributed by atoms with Crippen molar-refractivity contribution >= 4 is 5.95 Å². The molecule has 2 heterocycles. The van der Waals surface area contributed by atoms with Crippen LogP contribution in [0.2, 0.25) is 0 Å². The number of piperidine rings is 1. The number of hydrogen-bond donors (Lipinski definition) is 2. The van der Waals surface area contributed by atoms with E-state index in [9.17, 15) is 5.11 Å². The van der Waals surface area contributed by atoms with Gasteiger partial charge in [-0.25, -0.2) is 9.97 Å². The predicted octanol–water partition coefficient (Wildman–Crippen LogP) is 2.27. The third kappa shape index (κ3) is 3.76. The summed E-state index contributed by atoms with van der Waals surface area (Å²) in [5.41, 5.74) is 2.02. The lowest BCUT2D eigenvalue weighted by Gasteiger charge is -2.41. The van der Waals surface area contributed by atoms with Crippen LogP contribution in [0.1, 0.15) is 49.9 Å². The first kappa shape index (κ1) is 15.7. The molecule has 0 aromatic carbocycles. The van der Waals surface area contributed by atoms with Crippen LogP contribution in [0.15, 0.2) is 6.07 Å². The summed E-state index contributed by atoms with van der Waals surface area (Å²) in [7, 11) is 0. The fourth-order valence-corrected chi connectivity index (χ4v) is 3.87. The lowest BCUT2D eigenvalue weighted by molar-refractivity contribution is 0.00990. The molecule has 1 aromatic heterocycles. The van der Waals surface area contributed by atoms with Crippen LogP contribution < -0.4 is 5.32 Å². The maximum atomic E-state index is 10.2. The third-order valence-corrected chi connectivity index (χ3v) is 5.01. The van der Waals surface area contributed by atoms with Gasteiger partial charge in [-0.2, -0.15) is 0 Å². The van der Waals surface area contributed by atoms with Gasteiger partial charge in [-0.1, -0.05) is 12.8 Å². The van der Waals surface area contributed by atoms with Gasteiger partial charge in [0.15, 0.2) is 0 Å². The number of anilines is 1. The van der Waals surface area contributed by atoms with Gasteiger partial charge in [-0.05, 0) is 45.6 Å². The number of nitrogens with zero attached hydrogens (tertiary/aromatic N) is 3. The molecule has 1 aliphatic heterocycles. The molecule has 22 heavy (non-hydrogen) atoms. The predicted molar refractivity (Wildman–Crippen MR) is 88.0 cm³/mol. The summed E-state index contributed by atoms with van der Waals surface area (Å²) in [5.74, 6) is 0.758. The van der Waals surface area contributed by atoms with E-state index in [0.29, 0.717) is 12.1 Å². The van der Waals surface area contributed by atoms with E-state index >= 15 is 0 Å². The number of hydrogen-bond acceptors (Lipinski definition) is 5. The van der Waals surface area contributed by atoms with Gasteiger partial charge in [0, 0.05) is 36.6 Å². The monoisotopic (exact) mass is 304 g/mol. The van der Waals surface area contributed by atoms with E-state index < -0.39 is 0 Å². The van der Waals surface area contributed by atoms with Gasteiger partial charge in [0.05, 0.1) is 6.10 Å². The molecule has 1 aliphatic carbocycles. The van der Waals surface area contributed by atoms with E-state index in [1.54, 1.807) is 0 Å². The summed E-state index contributed by atoms with van der Waals surface area (Å²) in [4.78, 5) is 11.4. The zero-order valence-corrected chi connectivity index (χ0v) is 13.8. The van der Waals surface area contributed by atoms with Gasteiger partial charge in [0.2, 0.25) is 5.95 Å². The molecule has 0 spiro atoms. The van der Waals surface area contributed by atoms with Crippen molar-refractivity contribution in [3.8, 4) is 0 Å². The highest BCUT2D eigenvalue weighted by molar-refractivity contribution is 5.29. The van der Waals surface area contributed by atoms with Crippen LogP contribution in [0.4, 0.5) is 5.95 Å². The Kier molecular flexibility index (Phi) is 4.93. The van der Waals surface area contributed by atoms with Crippen molar-refractivity contribution in [2.75, 3.05) is 18.4 Å². The summed E-state index contributed by atoms with van der Waals surface area (Å²) in [6.45, 7) is 6.13. The van der Waals surface area contributed by atoms with Gasteiger partial charge in [0.1, 0.15) is 0 Å². The van der Waals surface area contributed by atoms with Crippen LogP contribution in [0.3, 0.4) is 0 Å². The normalized spacial score (nSPS) is 27.8. The van der Waals surface area contributed by atoms with E-state index in [-0.39, 0.29) is 6.10 Å². The molecule has 0 amide bonds. The molecule has 5 nitrogen and oxygen atoms in total. The highest BCUT2D eigenvalue weighted by Crippen LogP contribution is 2.26. The van der Waals surface area contributed by atoms with Crippen molar-refractivity contribution in [2.24, 2.45) is 0 Å². The van der Waals surface area contributed by atoms with Crippen LogP contribution >= 0.6 is 0 Å². The van der Waals surface area contributed by atoms with Crippen molar-refractivity contribution in [3.63, 3.8) is 0 Å². The number of aromatic nitrogens is 2. The Morgan fingerprint density at radius 3 is 2.32 bits per heavy atom. The van der Waals surface area contributed by atoms with Gasteiger partial charge in [-0.15, -0.1) is 0 Å². The highest BCUT2D eigenvalue weighted by Gasteiger charge is 2.31. The Labute approximate surface area is 133 Å². The quantitative estimate of drug-likeness (QED) is 0.897. The minimum absolute atomic E-state index is 0.124. The van der Waals surface area contributed by atoms with Crippen molar-refractivity contribution in [3.05, 3.63) is 17.5 Å². The molecule has 1 saturated heterocycles. The lowest BCUT2D eigenvalue weighted by atomic mass is 9.89. The molecule has 2 N–H and O–H groups in total. The summed E-state index contributed by atoms with van der Waals surface area (Å²) >= 11 is 0. The summed E-state index contributed by atoms with van der Waals surface area (Å²) in [6.07, 6.45) is 6.63. The van der Waals surface area contributed by atoms with Crippen LogP contribution in [0, 0.1) is 13.8 Å². The van der Waals surface area contributed by atoms with Crippen LogP contribution in [0.25, 0.3) is 0 Å². The molecule has 2 unspecified atom stereocenters. The smallest absolute Gasteiger partial charge is 0.223 e. The van der Waals surface area contributed by atoms with Crippen molar-refractivity contribution in [1.29, 1.82) is 0 Å². The molecule has 2 fully saturated rings. The van der Waals surface area contributed by atoms with Gasteiger partial charge in [0.25, 0.3) is 0 Å². The molecule has 2 atom stereocenters. The van der Waals surface area contributed by atoms with Crippen molar-refractivity contribution < 1.29 is 5.11 Å². The maximum absolute atomic E-state index is 10.2. The Bertz CT molecular complexity index is 479. The van der Waals surface area contributed by atoms with Gasteiger partial charge in [-0.3, -0.25) is 4.90 Å². The standard InChI is InChI=1S/C17H28N4O/c1-12-11-13(2)19-17(18-12)20-14-7-9-21(10-8-14)15-5-3-4-6-16(15)22/h11,14-16,22H,3-10H2,1-2H3,(H,18,19,20). The molecule has 122 valence electrons. The van der Waals surface area contributed by atoms with E-state index in [2.05, 4.69) is 20.2 Å². The Balaban J connectivity index is 1.53. The molecule has 3 rings (SSSR count). The van der Waals surface area contributed by atoms with Crippen LogP contribution in [0.5, 0.6) is 0 Å². The number of aliphatic hydroxyl groups is 1. The summed E-state index contributed by atoms with van der Waals surface area (Å²) in [5, 5.41) is 13.7. The van der Waals surface area contributed by atoms with E-state index in [4.69, 9.17) is 0 Å². The Hall–Kier alpha value is -1.20. The minimum atomic E-state index is -0.124. The Morgan fingerprint density at radius 2 is 1.68 bits per heavy atom. The Morgan fingerprint density at radius 1 is 1.05 bits per heavy atom. The first-order chi connectivity index (χ1) is 10.6. The molecule has 0 bridgehead atoms. The molecular formula is C17H28N4O. The summed E-state index contributed by atoms with van der Waals surface area (Å²) < 4.78 is 0. The van der Waals surface area contributed by atoms with Crippen LogP contribution in [-0.4, -0.2) is 51.3 Å². The topological polar surface area (TPSA) is 61.3 Å².